The van der Waals surface area contributed by atoms with Crippen LogP contribution in [0.4, 0.5) is 5.69 Å². The average molecular weight is 374 g/mol. The molecule has 1 N–H and O–H groups in total. The Labute approximate surface area is 167 Å². The van der Waals surface area contributed by atoms with Crippen molar-refractivity contribution in [3.63, 3.8) is 0 Å². The van der Waals surface area contributed by atoms with Crippen molar-refractivity contribution in [3.05, 3.63) is 95.8 Å². The SMILES string of the molecule is CC(NC(=O)c1cc(N(Cc2ccccc2)C(C)C)ccn1)c1ccccc1. The number of nitrogens with one attached hydrogen (secondary N) is 1. The third kappa shape index (κ3) is 4.97. The summed E-state index contributed by atoms with van der Waals surface area (Å²) in [6.07, 6.45) is 1.71. The molecule has 1 aromatic heterocycles. The van der Waals surface area contributed by atoms with Crippen LogP contribution < -0.4 is 10.2 Å². The molecule has 0 spiro atoms. The third-order valence-corrected chi connectivity index (χ3v) is 4.77. The number of anilines is 1. The molecule has 28 heavy (non-hydrogen) atoms. The Morgan fingerprint density at radius 3 is 2.25 bits per heavy atom. The van der Waals surface area contributed by atoms with Gasteiger partial charge in [0.1, 0.15) is 5.69 Å². The molecule has 1 heterocycles. The maximum Gasteiger partial charge on any atom is 0.270 e. The molecule has 0 saturated carbocycles. The van der Waals surface area contributed by atoms with Gasteiger partial charge in [-0.05, 0) is 44.0 Å². The highest BCUT2D eigenvalue weighted by atomic mass is 16.1. The molecule has 4 nitrogen and oxygen atoms in total. The second kappa shape index (κ2) is 9.18. The van der Waals surface area contributed by atoms with Crippen molar-refractivity contribution in [1.82, 2.24) is 10.3 Å². The first-order valence-corrected chi connectivity index (χ1v) is 9.67. The lowest BCUT2D eigenvalue weighted by Gasteiger charge is -2.29. The van der Waals surface area contributed by atoms with Gasteiger partial charge in [-0.25, -0.2) is 0 Å². The van der Waals surface area contributed by atoms with E-state index in [-0.39, 0.29) is 11.9 Å². The van der Waals surface area contributed by atoms with Gasteiger partial charge in [-0.1, -0.05) is 60.7 Å². The highest BCUT2D eigenvalue weighted by Crippen LogP contribution is 2.21. The number of hydrogen-bond acceptors (Lipinski definition) is 3. The molecule has 0 radical (unpaired) electrons. The molecule has 3 aromatic rings. The summed E-state index contributed by atoms with van der Waals surface area (Å²) in [4.78, 5) is 19.3. The van der Waals surface area contributed by atoms with E-state index < -0.39 is 0 Å². The van der Waals surface area contributed by atoms with Gasteiger partial charge >= 0.3 is 0 Å². The van der Waals surface area contributed by atoms with E-state index in [9.17, 15) is 4.79 Å². The number of amides is 1. The minimum absolute atomic E-state index is 0.0790. The van der Waals surface area contributed by atoms with Crippen LogP contribution in [-0.2, 0) is 6.54 Å². The van der Waals surface area contributed by atoms with Crippen LogP contribution in [0.25, 0.3) is 0 Å². The lowest BCUT2D eigenvalue weighted by atomic mass is 10.1. The van der Waals surface area contributed by atoms with Crippen molar-refractivity contribution >= 4 is 11.6 Å². The second-order valence-electron chi connectivity index (χ2n) is 7.21. The molecule has 1 unspecified atom stereocenters. The van der Waals surface area contributed by atoms with Gasteiger partial charge in [0.2, 0.25) is 0 Å². The Morgan fingerprint density at radius 2 is 1.61 bits per heavy atom. The average Bonchev–Trinajstić information content (AvgIpc) is 2.73. The van der Waals surface area contributed by atoms with Gasteiger partial charge in [0.25, 0.3) is 5.91 Å². The quantitative estimate of drug-likeness (QED) is 0.635. The van der Waals surface area contributed by atoms with E-state index in [0.29, 0.717) is 11.7 Å². The fourth-order valence-electron chi connectivity index (χ4n) is 3.17. The normalized spacial score (nSPS) is 11.9. The van der Waals surface area contributed by atoms with E-state index in [4.69, 9.17) is 0 Å². The molecule has 1 atom stereocenters. The van der Waals surface area contributed by atoms with E-state index in [1.807, 2.05) is 67.6 Å². The van der Waals surface area contributed by atoms with Crippen molar-refractivity contribution in [3.8, 4) is 0 Å². The first kappa shape index (κ1) is 19.6. The van der Waals surface area contributed by atoms with E-state index in [0.717, 1.165) is 17.8 Å². The van der Waals surface area contributed by atoms with Gasteiger partial charge in [0.15, 0.2) is 0 Å². The van der Waals surface area contributed by atoms with Crippen molar-refractivity contribution < 1.29 is 4.79 Å². The van der Waals surface area contributed by atoms with Crippen LogP contribution >= 0.6 is 0 Å². The summed E-state index contributed by atoms with van der Waals surface area (Å²) in [7, 11) is 0. The number of carbonyl (C=O) groups excluding carboxylic acids is 1. The van der Waals surface area contributed by atoms with Gasteiger partial charge in [-0.2, -0.15) is 0 Å². The molecule has 0 fully saturated rings. The molecular weight excluding hydrogens is 346 g/mol. The highest BCUT2D eigenvalue weighted by molar-refractivity contribution is 5.93. The van der Waals surface area contributed by atoms with Crippen LogP contribution in [-0.4, -0.2) is 16.9 Å². The summed E-state index contributed by atoms with van der Waals surface area (Å²) in [5, 5.41) is 3.04. The van der Waals surface area contributed by atoms with Crippen LogP contribution in [0.15, 0.2) is 79.0 Å². The molecule has 0 aliphatic rings. The molecular formula is C24H27N3O. The van der Waals surface area contributed by atoms with Crippen LogP contribution in [0.3, 0.4) is 0 Å². The van der Waals surface area contributed by atoms with Crippen LogP contribution in [0.5, 0.6) is 0 Å². The second-order valence-corrected chi connectivity index (χ2v) is 7.21. The minimum Gasteiger partial charge on any atom is -0.365 e. The molecule has 0 aliphatic heterocycles. The lowest BCUT2D eigenvalue weighted by Crippen LogP contribution is -2.31. The summed E-state index contributed by atoms with van der Waals surface area (Å²) in [6.45, 7) is 7.07. The zero-order valence-electron chi connectivity index (χ0n) is 16.7. The first-order chi connectivity index (χ1) is 13.5. The molecule has 1 amide bonds. The Bertz CT molecular complexity index is 894. The van der Waals surface area contributed by atoms with Crippen molar-refractivity contribution in [1.29, 1.82) is 0 Å². The number of carbonyl (C=O) groups is 1. The maximum atomic E-state index is 12.7. The van der Waals surface area contributed by atoms with E-state index in [1.165, 1.54) is 5.56 Å². The van der Waals surface area contributed by atoms with E-state index >= 15 is 0 Å². The van der Waals surface area contributed by atoms with Gasteiger partial charge in [-0.3, -0.25) is 9.78 Å². The van der Waals surface area contributed by atoms with Crippen molar-refractivity contribution in [2.45, 2.75) is 39.4 Å². The zero-order chi connectivity index (χ0) is 19.9. The Morgan fingerprint density at radius 1 is 0.964 bits per heavy atom. The summed E-state index contributed by atoms with van der Waals surface area (Å²) >= 11 is 0. The summed E-state index contributed by atoms with van der Waals surface area (Å²) in [6, 6.07) is 24.3. The first-order valence-electron chi connectivity index (χ1n) is 9.67. The predicted molar refractivity (Wildman–Crippen MR) is 114 cm³/mol. The summed E-state index contributed by atoms with van der Waals surface area (Å²) in [5.41, 5.74) is 3.72. The van der Waals surface area contributed by atoms with Crippen molar-refractivity contribution in [2.24, 2.45) is 0 Å². The zero-order valence-corrected chi connectivity index (χ0v) is 16.7. The molecule has 2 aromatic carbocycles. The number of benzene rings is 2. The smallest absolute Gasteiger partial charge is 0.270 e. The molecule has 0 aliphatic carbocycles. The predicted octanol–water partition coefficient (Wildman–Crippen LogP) is 4.99. The fraction of sp³-hybridized carbons (Fsp3) is 0.250. The van der Waals surface area contributed by atoms with Crippen LogP contribution in [0.2, 0.25) is 0 Å². The largest absolute Gasteiger partial charge is 0.365 e. The standard InChI is InChI=1S/C24H27N3O/c1-18(2)27(17-20-10-6-4-7-11-20)22-14-15-25-23(16-22)24(28)26-19(3)21-12-8-5-9-13-21/h4-16,18-19H,17H2,1-3H3,(H,26,28). The maximum absolute atomic E-state index is 12.7. The number of pyridine rings is 1. The van der Waals surface area contributed by atoms with Crippen LogP contribution in [0.1, 0.15) is 48.4 Å². The Hall–Kier alpha value is -3.14. The van der Waals surface area contributed by atoms with E-state index in [1.54, 1.807) is 6.20 Å². The lowest BCUT2D eigenvalue weighted by molar-refractivity contribution is 0.0935. The topological polar surface area (TPSA) is 45.2 Å². The molecule has 4 heteroatoms. The van der Waals surface area contributed by atoms with Gasteiger partial charge in [0, 0.05) is 24.5 Å². The number of hydrogen-bond donors (Lipinski definition) is 1. The van der Waals surface area contributed by atoms with Gasteiger partial charge in [0.05, 0.1) is 6.04 Å². The number of nitrogens with zero attached hydrogens (tertiary/aromatic N) is 2. The molecule has 3 rings (SSSR count). The van der Waals surface area contributed by atoms with Crippen LogP contribution in [0, 0.1) is 0 Å². The van der Waals surface area contributed by atoms with E-state index in [2.05, 4.69) is 41.2 Å². The Balaban J connectivity index is 1.77. The Kier molecular flexibility index (Phi) is 6.43. The van der Waals surface area contributed by atoms with Gasteiger partial charge in [-0.15, -0.1) is 0 Å². The third-order valence-electron chi connectivity index (χ3n) is 4.77. The molecule has 0 bridgehead atoms. The van der Waals surface area contributed by atoms with Gasteiger partial charge < -0.3 is 10.2 Å². The monoisotopic (exact) mass is 373 g/mol. The number of aromatic nitrogens is 1. The fourth-order valence-corrected chi connectivity index (χ4v) is 3.17. The molecule has 144 valence electrons. The molecule has 0 saturated heterocycles. The summed E-state index contributed by atoms with van der Waals surface area (Å²) < 4.78 is 0. The minimum atomic E-state index is -0.165. The van der Waals surface area contributed by atoms with Crippen molar-refractivity contribution in [2.75, 3.05) is 4.90 Å². The number of rotatable bonds is 7. The summed E-state index contributed by atoms with van der Waals surface area (Å²) in [5.74, 6) is -0.165. The highest BCUT2D eigenvalue weighted by Gasteiger charge is 2.16.